The van der Waals surface area contributed by atoms with Crippen molar-refractivity contribution in [1.29, 1.82) is 0 Å². The third-order valence-corrected chi connectivity index (χ3v) is 4.54. The summed E-state index contributed by atoms with van der Waals surface area (Å²) in [5.74, 6) is 1.36. The highest BCUT2D eigenvalue weighted by Gasteiger charge is 2.21. The molecule has 0 aliphatic heterocycles. The molecular weight excluding hydrogens is 300 g/mol. The number of aryl methyl sites for hydroxylation is 1. The molecule has 0 spiro atoms. The summed E-state index contributed by atoms with van der Waals surface area (Å²) >= 11 is 0. The molecule has 3 aromatic rings. The predicted octanol–water partition coefficient (Wildman–Crippen LogP) is 3.55. The molecule has 4 rings (SSSR count). The first-order valence-electron chi connectivity index (χ1n) is 8.43. The highest BCUT2D eigenvalue weighted by atomic mass is 16.5. The Kier molecular flexibility index (Phi) is 3.76. The molecule has 5 nitrogen and oxygen atoms in total. The zero-order valence-corrected chi connectivity index (χ0v) is 13.7. The summed E-state index contributed by atoms with van der Waals surface area (Å²) in [6.07, 6.45) is 5.86. The predicted molar refractivity (Wildman–Crippen MR) is 95.0 cm³/mol. The van der Waals surface area contributed by atoms with E-state index in [2.05, 4.69) is 22.1 Å². The Morgan fingerprint density at radius 1 is 1.08 bits per heavy atom. The number of nitrogens with zero attached hydrogens (tertiary/aromatic N) is 3. The highest BCUT2D eigenvalue weighted by Crippen LogP contribution is 2.38. The Hall–Kier alpha value is -2.69. The maximum absolute atomic E-state index is 6.19. The zero-order chi connectivity index (χ0) is 16.5. The molecule has 0 saturated carbocycles. The first kappa shape index (κ1) is 14.9. The Balaban J connectivity index is 1.98. The molecular formula is C19H20N4O. The van der Waals surface area contributed by atoms with Gasteiger partial charge in [-0.2, -0.15) is 0 Å². The molecule has 0 radical (unpaired) electrons. The number of ether oxygens (including phenoxy) is 1. The number of hydrogen-bond donors (Lipinski definition) is 1. The first-order valence-corrected chi connectivity index (χ1v) is 8.43. The van der Waals surface area contributed by atoms with Crippen LogP contribution in [0.4, 0.5) is 5.82 Å². The van der Waals surface area contributed by atoms with Crippen LogP contribution in [0.2, 0.25) is 0 Å². The Labute approximate surface area is 140 Å². The van der Waals surface area contributed by atoms with E-state index in [1.165, 1.54) is 24.7 Å². The summed E-state index contributed by atoms with van der Waals surface area (Å²) in [5.41, 5.74) is 11.6. The van der Waals surface area contributed by atoms with Gasteiger partial charge in [-0.15, -0.1) is 0 Å². The van der Waals surface area contributed by atoms with Gasteiger partial charge in [0.25, 0.3) is 0 Å². The maximum atomic E-state index is 6.19. The second kappa shape index (κ2) is 6.07. The number of nitrogen functional groups attached to an aromatic ring is 1. The Morgan fingerprint density at radius 3 is 2.67 bits per heavy atom. The lowest BCUT2D eigenvalue weighted by Gasteiger charge is -2.21. The van der Waals surface area contributed by atoms with Gasteiger partial charge < -0.3 is 10.5 Å². The Morgan fingerprint density at radius 2 is 1.88 bits per heavy atom. The first-order chi connectivity index (χ1) is 11.8. The van der Waals surface area contributed by atoms with Crippen LogP contribution in [0.25, 0.3) is 22.2 Å². The number of nitrogens with two attached hydrogens (primary N) is 1. The van der Waals surface area contributed by atoms with E-state index in [4.69, 9.17) is 15.5 Å². The molecule has 1 aliphatic rings. The van der Waals surface area contributed by atoms with Crippen molar-refractivity contribution in [2.45, 2.75) is 32.6 Å². The molecule has 0 saturated heterocycles. The van der Waals surface area contributed by atoms with E-state index >= 15 is 0 Å². The summed E-state index contributed by atoms with van der Waals surface area (Å²) in [7, 11) is 0. The molecule has 0 atom stereocenters. The number of anilines is 1. The molecule has 122 valence electrons. The molecule has 0 fully saturated rings. The summed E-state index contributed by atoms with van der Waals surface area (Å²) in [6, 6.07) is 8.17. The summed E-state index contributed by atoms with van der Waals surface area (Å²) in [5, 5.41) is 0.863. The lowest BCUT2D eigenvalue weighted by molar-refractivity contribution is 0.340. The largest absolute Gasteiger partial charge is 0.494 e. The molecule has 0 unspecified atom stereocenters. The van der Waals surface area contributed by atoms with Crippen LogP contribution in [0.15, 0.2) is 30.6 Å². The number of rotatable bonds is 3. The lowest BCUT2D eigenvalue weighted by atomic mass is 9.87. The minimum absolute atomic E-state index is 0.491. The average molecular weight is 320 g/mol. The molecule has 2 N–H and O–H groups in total. The third kappa shape index (κ3) is 2.46. The van der Waals surface area contributed by atoms with Gasteiger partial charge >= 0.3 is 0 Å². The zero-order valence-electron chi connectivity index (χ0n) is 13.7. The molecule has 2 heterocycles. The molecule has 1 aromatic carbocycles. The molecule has 0 amide bonds. The van der Waals surface area contributed by atoms with E-state index in [0.29, 0.717) is 18.1 Å². The van der Waals surface area contributed by atoms with Crippen LogP contribution in [0, 0.1) is 0 Å². The second-order valence-corrected chi connectivity index (χ2v) is 6.03. The van der Waals surface area contributed by atoms with E-state index in [1.54, 1.807) is 0 Å². The smallest absolute Gasteiger partial charge is 0.165 e. The number of benzene rings is 1. The van der Waals surface area contributed by atoms with Gasteiger partial charge in [0.05, 0.1) is 12.0 Å². The highest BCUT2D eigenvalue weighted by molar-refractivity contribution is 6.01. The van der Waals surface area contributed by atoms with Crippen molar-refractivity contribution in [2.24, 2.45) is 0 Å². The van der Waals surface area contributed by atoms with Crippen molar-refractivity contribution in [2.75, 3.05) is 12.3 Å². The van der Waals surface area contributed by atoms with Gasteiger partial charge in [0.1, 0.15) is 17.9 Å². The molecule has 1 aliphatic carbocycles. The fourth-order valence-corrected chi connectivity index (χ4v) is 3.48. The van der Waals surface area contributed by atoms with E-state index in [-0.39, 0.29) is 0 Å². The molecule has 24 heavy (non-hydrogen) atoms. The van der Waals surface area contributed by atoms with Crippen LogP contribution in [0.1, 0.15) is 31.0 Å². The van der Waals surface area contributed by atoms with Gasteiger partial charge in [-0.3, -0.25) is 0 Å². The van der Waals surface area contributed by atoms with Gasteiger partial charge in [-0.05, 0) is 55.9 Å². The van der Waals surface area contributed by atoms with Gasteiger partial charge in [-0.1, -0.05) is 12.1 Å². The quantitative estimate of drug-likeness (QED) is 0.799. The van der Waals surface area contributed by atoms with Crippen LogP contribution in [-0.4, -0.2) is 21.6 Å². The van der Waals surface area contributed by atoms with Gasteiger partial charge in [0.15, 0.2) is 5.65 Å². The number of hydrogen-bond acceptors (Lipinski definition) is 5. The minimum Gasteiger partial charge on any atom is -0.494 e. The fraction of sp³-hybridized carbons (Fsp3) is 0.316. The molecule has 5 heteroatoms. The average Bonchev–Trinajstić information content (AvgIpc) is 2.61. The van der Waals surface area contributed by atoms with Crippen molar-refractivity contribution >= 4 is 16.9 Å². The van der Waals surface area contributed by atoms with Gasteiger partial charge in [0.2, 0.25) is 0 Å². The van der Waals surface area contributed by atoms with Crippen molar-refractivity contribution in [3.8, 4) is 16.9 Å². The van der Waals surface area contributed by atoms with Crippen LogP contribution in [-0.2, 0) is 12.8 Å². The van der Waals surface area contributed by atoms with Crippen LogP contribution < -0.4 is 10.5 Å². The monoisotopic (exact) mass is 320 g/mol. The number of fused-ring (bicyclic) bond motifs is 2. The summed E-state index contributed by atoms with van der Waals surface area (Å²) in [6.45, 7) is 2.65. The van der Waals surface area contributed by atoms with Crippen molar-refractivity contribution < 1.29 is 4.74 Å². The van der Waals surface area contributed by atoms with E-state index in [9.17, 15) is 0 Å². The van der Waals surface area contributed by atoms with Crippen molar-refractivity contribution in [3.05, 3.63) is 41.9 Å². The van der Waals surface area contributed by atoms with Crippen molar-refractivity contribution in [1.82, 2.24) is 15.0 Å². The van der Waals surface area contributed by atoms with Gasteiger partial charge in [-0.25, -0.2) is 15.0 Å². The molecule has 2 aromatic heterocycles. The van der Waals surface area contributed by atoms with E-state index < -0.39 is 0 Å². The normalized spacial score (nSPS) is 13.7. The third-order valence-electron chi connectivity index (χ3n) is 4.54. The maximum Gasteiger partial charge on any atom is 0.165 e. The van der Waals surface area contributed by atoms with E-state index in [1.807, 2.05) is 19.1 Å². The van der Waals surface area contributed by atoms with Crippen molar-refractivity contribution in [3.63, 3.8) is 0 Å². The van der Waals surface area contributed by atoms with Crippen LogP contribution >= 0.6 is 0 Å². The molecule has 0 bridgehead atoms. The Bertz CT molecular complexity index is 890. The van der Waals surface area contributed by atoms with E-state index in [0.717, 1.165) is 40.8 Å². The number of aromatic nitrogens is 3. The fourth-order valence-electron chi connectivity index (χ4n) is 3.48. The summed E-state index contributed by atoms with van der Waals surface area (Å²) < 4.78 is 5.56. The van der Waals surface area contributed by atoms with Crippen LogP contribution in [0.5, 0.6) is 5.75 Å². The van der Waals surface area contributed by atoms with Gasteiger partial charge in [0, 0.05) is 11.3 Å². The minimum atomic E-state index is 0.491. The summed E-state index contributed by atoms with van der Waals surface area (Å²) in [4.78, 5) is 13.3. The standard InChI is InChI=1S/C19H20N4O/c1-2-24-13-9-7-12(8-10-13)16-14-5-3-4-6-15(14)23-19-17(16)18(20)21-11-22-19/h7-11H,2-6H2,1H3,(H2,20,21,22,23). The van der Waals surface area contributed by atoms with Crippen LogP contribution in [0.3, 0.4) is 0 Å². The number of pyridine rings is 1. The lowest BCUT2D eigenvalue weighted by Crippen LogP contribution is -2.10. The second-order valence-electron chi connectivity index (χ2n) is 6.03. The SMILES string of the molecule is CCOc1ccc(-c2c3c(nc4ncnc(N)c24)CCCC3)cc1. The topological polar surface area (TPSA) is 73.9 Å².